The Morgan fingerprint density at radius 3 is 2.38 bits per heavy atom. The number of hydrogen-bond donors (Lipinski definition) is 5. The predicted molar refractivity (Wildman–Crippen MR) is 142 cm³/mol. The van der Waals surface area contributed by atoms with Crippen molar-refractivity contribution in [1.29, 1.82) is 0 Å². The van der Waals surface area contributed by atoms with Crippen LogP contribution < -0.4 is 25.4 Å². The fourth-order valence-electron chi connectivity index (χ4n) is 3.75. The summed E-state index contributed by atoms with van der Waals surface area (Å²) in [6.07, 6.45) is 4.46. The molecule has 2 amide bonds. The highest BCUT2D eigenvalue weighted by atomic mass is 35.5. The lowest BCUT2D eigenvalue weighted by atomic mass is 10.2. The first-order valence-corrected chi connectivity index (χ1v) is 12.2. The molecular formula is C26H36ClN3O7. The van der Waals surface area contributed by atoms with Gasteiger partial charge in [0.05, 0.1) is 18.3 Å². The molecule has 10 nitrogen and oxygen atoms in total. The molecule has 11 heteroatoms. The van der Waals surface area contributed by atoms with Crippen molar-refractivity contribution in [1.82, 2.24) is 10.6 Å². The zero-order valence-corrected chi connectivity index (χ0v) is 21.5. The highest BCUT2D eigenvalue weighted by molar-refractivity contribution is 5.93. The molecule has 0 saturated heterocycles. The van der Waals surface area contributed by atoms with E-state index in [0.717, 1.165) is 18.6 Å². The predicted octanol–water partition coefficient (Wildman–Crippen LogP) is 3.30. The average Bonchev–Trinajstić information content (AvgIpc) is 3.39. The Hall–Kier alpha value is -3.05. The van der Waals surface area contributed by atoms with E-state index in [1.54, 1.807) is 24.3 Å². The van der Waals surface area contributed by atoms with Gasteiger partial charge in [0.2, 0.25) is 0 Å². The summed E-state index contributed by atoms with van der Waals surface area (Å²) in [5.74, 6) is 0.312. The summed E-state index contributed by atoms with van der Waals surface area (Å²) in [6, 6.07) is 12.8. The van der Waals surface area contributed by atoms with Crippen molar-refractivity contribution < 1.29 is 34.0 Å². The van der Waals surface area contributed by atoms with Crippen molar-refractivity contribution in [2.45, 2.75) is 37.9 Å². The number of hydrogen-bond acceptors (Lipinski definition) is 7. The molecule has 37 heavy (non-hydrogen) atoms. The smallest absolute Gasteiger partial charge is 0.335 e. The van der Waals surface area contributed by atoms with E-state index in [9.17, 15) is 14.7 Å². The molecule has 1 aliphatic rings. The van der Waals surface area contributed by atoms with Crippen LogP contribution in [0.2, 0.25) is 0 Å². The number of carboxylic acids is 1. The fourth-order valence-corrected chi connectivity index (χ4v) is 3.75. The fraction of sp³-hybridized carbons (Fsp3) is 0.462. The number of benzene rings is 2. The molecule has 204 valence electrons. The number of halogens is 1. The maximum atomic E-state index is 11.9. The number of carboxylic acid groups (broad SMARTS) is 1. The van der Waals surface area contributed by atoms with E-state index >= 15 is 0 Å². The van der Waals surface area contributed by atoms with E-state index in [0.29, 0.717) is 50.4 Å². The van der Waals surface area contributed by atoms with Crippen LogP contribution in [0.4, 0.5) is 10.5 Å². The van der Waals surface area contributed by atoms with Crippen LogP contribution in [0.15, 0.2) is 48.5 Å². The molecule has 0 heterocycles. The molecule has 1 unspecified atom stereocenters. The van der Waals surface area contributed by atoms with E-state index < -0.39 is 18.1 Å². The molecule has 0 bridgehead atoms. The van der Waals surface area contributed by atoms with Crippen molar-refractivity contribution in [2.75, 3.05) is 44.8 Å². The molecule has 3 rings (SSSR count). The van der Waals surface area contributed by atoms with Crippen LogP contribution in [-0.4, -0.2) is 73.9 Å². The lowest BCUT2D eigenvalue weighted by Crippen LogP contribution is -2.38. The van der Waals surface area contributed by atoms with Crippen LogP contribution in [0, 0.1) is 0 Å². The molecule has 1 fully saturated rings. The van der Waals surface area contributed by atoms with Gasteiger partial charge in [-0.3, -0.25) is 0 Å². The highest BCUT2D eigenvalue weighted by Crippen LogP contribution is 2.21. The van der Waals surface area contributed by atoms with Gasteiger partial charge in [0.1, 0.15) is 30.8 Å². The quantitative estimate of drug-likeness (QED) is 0.218. The zero-order chi connectivity index (χ0) is 25.6. The van der Waals surface area contributed by atoms with E-state index in [1.165, 1.54) is 25.0 Å². The van der Waals surface area contributed by atoms with Gasteiger partial charge < -0.3 is 40.4 Å². The first-order valence-electron chi connectivity index (χ1n) is 12.2. The number of ether oxygens (including phenoxy) is 3. The topological polar surface area (TPSA) is 138 Å². The Bertz CT molecular complexity index is 955. The van der Waals surface area contributed by atoms with E-state index in [1.807, 2.05) is 12.1 Å². The van der Waals surface area contributed by atoms with Gasteiger partial charge >= 0.3 is 12.0 Å². The molecule has 2 aromatic rings. The molecule has 0 spiro atoms. The summed E-state index contributed by atoms with van der Waals surface area (Å²) in [5, 5.41) is 27.4. The maximum absolute atomic E-state index is 11.9. The van der Waals surface area contributed by atoms with Crippen LogP contribution in [0.1, 0.15) is 36.0 Å². The van der Waals surface area contributed by atoms with Gasteiger partial charge in [0.25, 0.3) is 0 Å². The van der Waals surface area contributed by atoms with Gasteiger partial charge in [0, 0.05) is 25.3 Å². The van der Waals surface area contributed by atoms with Crippen LogP contribution in [0.5, 0.6) is 11.5 Å². The van der Waals surface area contributed by atoms with Crippen LogP contribution in [0.3, 0.4) is 0 Å². The molecule has 1 aliphatic carbocycles. The normalized spacial score (nSPS) is 13.9. The van der Waals surface area contributed by atoms with Gasteiger partial charge in [-0.1, -0.05) is 18.9 Å². The van der Waals surface area contributed by atoms with Crippen LogP contribution in [-0.2, 0) is 4.74 Å². The van der Waals surface area contributed by atoms with Gasteiger partial charge in [-0.15, -0.1) is 12.4 Å². The second-order valence-corrected chi connectivity index (χ2v) is 8.53. The number of rotatable bonds is 15. The second kappa shape index (κ2) is 16.6. The summed E-state index contributed by atoms with van der Waals surface area (Å²) in [4.78, 5) is 22.9. The molecule has 1 atom stereocenters. The largest absolute Gasteiger partial charge is 0.491 e. The van der Waals surface area contributed by atoms with E-state index in [4.69, 9.17) is 19.3 Å². The highest BCUT2D eigenvalue weighted by Gasteiger charge is 2.14. The van der Waals surface area contributed by atoms with Crippen LogP contribution >= 0.6 is 12.4 Å². The number of amides is 2. The minimum Gasteiger partial charge on any atom is -0.491 e. The van der Waals surface area contributed by atoms with Crippen molar-refractivity contribution >= 4 is 30.1 Å². The molecule has 0 aromatic heterocycles. The Morgan fingerprint density at radius 2 is 1.68 bits per heavy atom. The molecule has 2 aromatic carbocycles. The third-order valence-electron chi connectivity index (χ3n) is 5.61. The lowest BCUT2D eigenvalue weighted by molar-refractivity contribution is 0.0382. The summed E-state index contributed by atoms with van der Waals surface area (Å²) in [6.45, 7) is 2.28. The van der Waals surface area contributed by atoms with Gasteiger partial charge in [-0.05, 0) is 55.3 Å². The monoisotopic (exact) mass is 537 g/mol. The molecule has 5 N–H and O–H groups in total. The Morgan fingerprint density at radius 1 is 0.973 bits per heavy atom. The Labute approximate surface area is 223 Å². The zero-order valence-electron chi connectivity index (χ0n) is 20.7. The maximum Gasteiger partial charge on any atom is 0.335 e. The summed E-state index contributed by atoms with van der Waals surface area (Å²) >= 11 is 0. The number of aliphatic hydroxyl groups excluding tert-OH is 1. The minimum absolute atomic E-state index is 0. The van der Waals surface area contributed by atoms with E-state index in [-0.39, 0.29) is 24.6 Å². The second-order valence-electron chi connectivity index (χ2n) is 8.53. The Balaban J connectivity index is 0.00000481. The number of nitrogens with one attached hydrogen (secondary N) is 3. The number of carbonyl (C=O) groups excluding carboxylic acids is 1. The molecule has 0 radical (unpaired) electrons. The van der Waals surface area contributed by atoms with Gasteiger partial charge in [-0.25, -0.2) is 9.59 Å². The number of aliphatic hydroxyl groups is 1. The Kier molecular flexibility index (Phi) is 13.6. The standard InChI is InChI=1S/C26H35N3O7.ClH/c30-21(17-27-12-13-28-26(33)29-20-5-3-4-19(16-20)25(31)32)18-36-24-10-8-23(9-11-24)35-15-14-34-22-6-1-2-7-22;/h3-5,8-11,16,21-22,27,30H,1-2,6-7,12-15,17-18H2,(H,31,32)(H2,28,29,33);1H. The third kappa shape index (κ3) is 11.7. The lowest BCUT2D eigenvalue weighted by Gasteiger charge is -2.14. The molecule has 1 saturated carbocycles. The molecular weight excluding hydrogens is 502 g/mol. The summed E-state index contributed by atoms with van der Waals surface area (Å²) in [7, 11) is 0. The number of aromatic carboxylic acids is 1. The van der Waals surface area contributed by atoms with Gasteiger partial charge in [-0.2, -0.15) is 0 Å². The first kappa shape index (κ1) is 30.2. The minimum atomic E-state index is -1.06. The number of carbonyl (C=O) groups is 2. The average molecular weight is 538 g/mol. The van der Waals surface area contributed by atoms with Crippen molar-refractivity contribution in [3.8, 4) is 11.5 Å². The van der Waals surface area contributed by atoms with Crippen molar-refractivity contribution in [2.24, 2.45) is 0 Å². The van der Waals surface area contributed by atoms with Crippen molar-refractivity contribution in [3.63, 3.8) is 0 Å². The van der Waals surface area contributed by atoms with E-state index in [2.05, 4.69) is 16.0 Å². The summed E-state index contributed by atoms with van der Waals surface area (Å²) in [5.41, 5.74) is 0.482. The SMILES string of the molecule is Cl.O=C(NCCNCC(O)COc1ccc(OCCOC2CCCC2)cc1)Nc1cccc(C(=O)O)c1. The number of urea groups is 1. The first-order chi connectivity index (χ1) is 17.5. The van der Waals surface area contributed by atoms with Crippen molar-refractivity contribution in [3.05, 3.63) is 54.1 Å². The molecule has 0 aliphatic heterocycles. The van der Waals surface area contributed by atoms with Gasteiger partial charge in [0.15, 0.2) is 0 Å². The van der Waals surface area contributed by atoms with Crippen LogP contribution in [0.25, 0.3) is 0 Å². The number of anilines is 1. The summed E-state index contributed by atoms with van der Waals surface area (Å²) < 4.78 is 17.1. The third-order valence-corrected chi connectivity index (χ3v) is 5.61.